The van der Waals surface area contributed by atoms with E-state index in [1.54, 1.807) is 26.6 Å². The summed E-state index contributed by atoms with van der Waals surface area (Å²) in [7, 11) is 3.31. The third-order valence-corrected chi connectivity index (χ3v) is 11.3. The molecule has 8 heteroatoms. The van der Waals surface area contributed by atoms with E-state index in [0.717, 1.165) is 78.3 Å². The Morgan fingerprint density at radius 3 is 0.969 bits per heavy atom. The zero-order valence-electron chi connectivity index (χ0n) is 40.0. The molecule has 0 aromatic heterocycles. The van der Waals surface area contributed by atoms with E-state index in [2.05, 4.69) is 116 Å². The molecule has 0 unspecified atom stereocenters. The number of hydrogen-bond donors (Lipinski definition) is 0. The van der Waals surface area contributed by atoms with Crippen LogP contribution in [0.2, 0.25) is 0 Å². The second-order valence-corrected chi connectivity index (χ2v) is 20.5. The zero-order valence-corrected chi connectivity index (χ0v) is 40.0. The second kappa shape index (κ2) is 18.3. The lowest BCUT2D eigenvalue weighted by atomic mass is 9.72. The number of Topliss-reactive ketones (excluding diaryl/α,β-unsaturated/α-hetero) is 2. The van der Waals surface area contributed by atoms with Crippen molar-refractivity contribution < 1.29 is 19.1 Å². The summed E-state index contributed by atoms with van der Waals surface area (Å²) < 4.78 is 11.0. The number of nitrogens with zero attached hydrogens (tertiary/aromatic N) is 4. The molecule has 2 aliphatic carbocycles. The van der Waals surface area contributed by atoms with Gasteiger partial charge in [0.1, 0.15) is 11.5 Å². The molecule has 0 radical (unpaired) electrons. The van der Waals surface area contributed by atoms with E-state index in [1.807, 2.05) is 97.1 Å². The summed E-state index contributed by atoms with van der Waals surface area (Å²) in [5.41, 5.74) is 10.5. The van der Waals surface area contributed by atoms with E-state index >= 15 is 0 Å². The maximum Gasteiger partial charge on any atom is 0.186 e. The molecule has 0 saturated carbocycles. The van der Waals surface area contributed by atoms with Gasteiger partial charge >= 0.3 is 0 Å². The van der Waals surface area contributed by atoms with Crippen molar-refractivity contribution in [2.75, 3.05) is 14.2 Å². The predicted molar refractivity (Wildman–Crippen MR) is 261 cm³/mol. The van der Waals surface area contributed by atoms with Crippen LogP contribution in [0.3, 0.4) is 0 Å². The van der Waals surface area contributed by atoms with Crippen LogP contribution >= 0.6 is 0 Å². The molecule has 0 amide bonds. The van der Waals surface area contributed by atoms with Crippen molar-refractivity contribution in [3.05, 3.63) is 155 Å². The average Bonchev–Trinajstić information content (AvgIpc) is 3.23. The Labute approximate surface area is 380 Å². The van der Waals surface area contributed by atoms with Crippen molar-refractivity contribution in [1.82, 2.24) is 0 Å². The smallest absolute Gasteiger partial charge is 0.186 e. The molecule has 0 spiro atoms. The summed E-state index contributed by atoms with van der Waals surface area (Å²) in [4.78, 5) is 27.0. The number of carbonyl (C=O) groups is 2. The standard InChI is InChI=1S/C56H62N4O4/c1-53(2,3)47-27-35(28-48(51(47)61)54(4,5)6)33-57-59-39-19-25-43(45(31-39)37-15-21-41(63-13)22-16-37)44-26-20-40(32-46(44)38-17-23-42(64-14)24-18-38)60-58-34-36-29-49(55(7,8)9)52(62)50(30-36)56(10,11)12/h15-34H,1-14H3/b59-57+,60-58+. The topological polar surface area (TPSA) is 102 Å². The van der Waals surface area contributed by atoms with Gasteiger partial charge in [0.15, 0.2) is 11.6 Å². The first-order valence-electron chi connectivity index (χ1n) is 21.8. The van der Waals surface area contributed by atoms with E-state index in [4.69, 9.17) is 9.47 Å². The molecule has 0 bridgehead atoms. The Morgan fingerprint density at radius 2 is 0.703 bits per heavy atom. The number of methoxy groups -OCH3 is 2. The molecule has 0 N–H and O–H groups in total. The maximum atomic E-state index is 13.5. The van der Waals surface area contributed by atoms with Crippen LogP contribution in [0.1, 0.15) is 83.1 Å². The fourth-order valence-electron chi connectivity index (χ4n) is 7.68. The number of benzene rings is 4. The van der Waals surface area contributed by atoms with Crippen LogP contribution in [-0.4, -0.2) is 25.8 Å². The Bertz CT molecular complexity index is 2450. The van der Waals surface area contributed by atoms with Crippen molar-refractivity contribution in [3.63, 3.8) is 0 Å². The summed E-state index contributed by atoms with van der Waals surface area (Å²) in [6, 6.07) is 28.1. The summed E-state index contributed by atoms with van der Waals surface area (Å²) in [5.74, 6) is 1.66. The van der Waals surface area contributed by atoms with Gasteiger partial charge in [0.05, 0.1) is 38.0 Å². The van der Waals surface area contributed by atoms with Gasteiger partial charge in [-0.25, -0.2) is 0 Å². The molecule has 8 nitrogen and oxygen atoms in total. The van der Waals surface area contributed by atoms with Gasteiger partial charge in [0.2, 0.25) is 0 Å². The minimum atomic E-state index is -0.329. The lowest BCUT2D eigenvalue weighted by Gasteiger charge is -2.31. The van der Waals surface area contributed by atoms with Crippen LogP contribution in [0.4, 0.5) is 11.4 Å². The molecule has 0 aliphatic heterocycles. The van der Waals surface area contributed by atoms with Crippen LogP contribution in [0.5, 0.6) is 11.5 Å². The fourth-order valence-corrected chi connectivity index (χ4v) is 7.68. The van der Waals surface area contributed by atoms with E-state index in [-0.39, 0.29) is 33.2 Å². The maximum absolute atomic E-state index is 13.5. The first kappa shape index (κ1) is 47.0. The molecule has 0 fully saturated rings. The van der Waals surface area contributed by atoms with E-state index in [1.165, 1.54) is 0 Å². The number of carbonyl (C=O) groups excluding carboxylic acids is 2. The molecule has 4 aromatic rings. The third-order valence-electron chi connectivity index (χ3n) is 11.3. The van der Waals surface area contributed by atoms with Crippen molar-refractivity contribution in [2.24, 2.45) is 42.1 Å². The van der Waals surface area contributed by atoms with Crippen molar-refractivity contribution in [2.45, 2.75) is 83.1 Å². The van der Waals surface area contributed by atoms with Gasteiger partial charge in [0, 0.05) is 22.3 Å². The van der Waals surface area contributed by atoms with Crippen LogP contribution in [0.25, 0.3) is 33.4 Å². The van der Waals surface area contributed by atoms with Gasteiger partial charge in [-0.05, 0) is 139 Å². The average molecular weight is 855 g/mol. The fraction of sp³-hybridized carbons (Fsp3) is 0.321. The number of azo groups is 2. The second-order valence-electron chi connectivity index (χ2n) is 20.5. The van der Waals surface area contributed by atoms with Crippen LogP contribution in [0.15, 0.2) is 176 Å². The first-order chi connectivity index (χ1) is 30.0. The molecule has 64 heavy (non-hydrogen) atoms. The monoisotopic (exact) mass is 854 g/mol. The Morgan fingerprint density at radius 1 is 0.406 bits per heavy atom. The molecular weight excluding hydrogens is 793 g/mol. The Balaban J connectivity index is 1.46. The lowest BCUT2D eigenvalue weighted by molar-refractivity contribution is -0.114. The number of ether oxygens (including phenoxy) is 2. The quantitative estimate of drug-likeness (QED) is 0.156. The van der Waals surface area contributed by atoms with Gasteiger partial charge in [0.25, 0.3) is 0 Å². The minimum absolute atomic E-state index is 0.0775. The SMILES string of the molecule is COc1ccc(-c2cc(/N=N/C=C3C=C(C(C)(C)C)C(=O)C(C(C)(C)C)=C3)ccc2-c2ccc(/N=N/C=C3C=C(C(C)(C)C)C(=O)C(C(C)(C)C)=C3)cc2-c2ccc(OC)cc2)cc1. The molecular formula is C56H62N4O4. The van der Waals surface area contributed by atoms with E-state index < -0.39 is 0 Å². The Hall–Kier alpha value is -6.54. The highest BCUT2D eigenvalue weighted by Gasteiger charge is 2.35. The highest BCUT2D eigenvalue weighted by molar-refractivity contribution is 6.12. The first-order valence-corrected chi connectivity index (χ1v) is 21.8. The highest BCUT2D eigenvalue weighted by atomic mass is 16.5. The van der Waals surface area contributed by atoms with Gasteiger partial charge in [-0.15, -0.1) is 0 Å². The van der Waals surface area contributed by atoms with Gasteiger partial charge in [-0.3, -0.25) is 9.59 Å². The zero-order chi connectivity index (χ0) is 46.8. The molecule has 6 rings (SSSR count). The van der Waals surface area contributed by atoms with E-state index in [9.17, 15) is 9.59 Å². The number of hydrogen-bond acceptors (Lipinski definition) is 8. The van der Waals surface area contributed by atoms with Crippen molar-refractivity contribution in [3.8, 4) is 44.9 Å². The number of allylic oxidation sites excluding steroid dienone is 10. The third kappa shape index (κ3) is 10.8. The van der Waals surface area contributed by atoms with Gasteiger partial charge in [-0.2, -0.15) is 20.5 Å². The molecule has 4 aromatic carbocycles. The number of rotatable bonds is 9. The van der Waals surface area contributed by atoms with Crippen molar-refractivity contribution >= 4 is 22.9 Å². The van der Waals surface area contributed by atoms with Gasteiger partial charge < -0.3 is 9.47 Å². The summed E-state index contributed by atoms with van der Waals surface area (Å²) in [5, 5.41) is 18.5. The van der Waals surface area contributed by atoms with Crippen LogP contribution < -0.4 is 9.47 Å². The predicted octanol–water partition coefficient (Wildman–Crippen LogP) is 15.7. The highest BCUT2D eigenvalue weighted by Crippen LogP contribution is 2.44. The summed E-state index contributed by atoms with van der Waals surface area (Å²) >= 11 is 0. The minimum Gasteiger partial charge on any atom is -0.497 e. The lowest BCUT2D eigenvalue weighted by Crippen LogP contribution is -2.27. The molecule has 0 saturated heterocycles. The normalized spacial score (nSPS) is 15.3. The van der Waals surface area contributed by atoms with E-state index in [0.29, 0.717) is 11.4 Å². The van der Waals surface area contributed by atoms with Crippen LogP contribution in [-0.2, 0) is 9.59 Å². The van der Waals surface area contributed by atoms with Gasteiger partial charge in [-0.1, -0.05) is 119 Å². The largest absolute Gasteiger partial charge is 0.497 e. The summed E-state index contributed by atoms with van der Waals surface area (Å²) in [6.45, 7) is 24.7. The van der Waals surface area contributed by atoms with Crippen molar-refractivity contribution in [1.29, 1.82) is 0 Å². The molecule has 0 heterocycles. The Kier molecular flexibility index (Phi) is 13.4. The van der Waals surface area contributed by atoms with Crippen LogP contribution in [0, 0.1) is 21.7 Å². The summed E-state index contributed by atoms with van der Waals surface area (Å²) in [6.07, 6.45) is 11.2. The molecule has 330 valence electrons. The number of ketones is 2. The molecule has 0 atom stereocenters. The molecule has 2 aliphatic rings.